The summed E-state index contributed by atoms with van der Waals surface area (Å²) in [6.07, 6.45) is 0.550. The predicted octanol–water partition coefficient (Wildman–Crippen LogP) is 0.781. The second kappa shape index (κ2) is 7.11. The number of aldehydes is 1. The molecule has 0 aliphatic heterocycles. The fourth-order valence-corrected chi connectivity index (χ4v) is 0.302. The van der Waals surface area contributed by atoms with Crippen LogP contribution in [0.1, 0.15) is 13.8 Å². The van der Waals surface area contributed by atoms with E-state index in [4.69, 9.17) is 13.2 Å². The van der Waals surface area contributed by atoms with Gasteiger partial charge in [-0.05, 0) is 13.8 Å². The van der Waals surface area contributed by atoms with Crippen LogP contribution in [-0.4, -0.2) is 27.4 Å². The van der Waals surface area contributed by atoms with Crippen molar-refractivity contribution in [1.82, 2.24) is 0 Å². The maximum Gasteiger partial charge on any atom is 0.476 e. The molecule has 0 aromatic carbocycles. The molecule has 0 aromatic heterocycles. The minimum Gasteiger partial charge on any atom is -0.371 e. The first-order valence-corrected chi connectivity index (χ1v) is 4.30. The monoisotopic (exact) mass is 204 g/mol. The van der Waals surface area contributed by atoms with Gasteiger partial charge in [0.1, 0.15) is 12.4 Å². The van der Waals surface area contributed by atoms with Gasteiger partial charge >= 0.3 is 10.6 Å². The van der Waals surface area contributed by atoms with E-state index >= 15 is 0 Å². The smallest absolute Gasteiger partial charge is 0.371 e. The lowest BCUT2D eigenvalue weighted by atomic mass is 10.5. The minimum absolute atomic E-state index is 0.231. The standard InChI is InChI=1S/C5H10O2.F2O2S/c1-3-7-5(2)4-6;1-5(2,3)4/h4-5H,3H2,1-2H3;. The first-order valence-electron chi connectivity index (χ1n) is 3.02. The van der Waals surface area contributed by atoms with Gasteiger partial charge in [0.25, 0.3) is 0 Å². The second-order valence-corrected chi connectivity index (χ2v) is 2.43. The molecule has 0 aliphatic carbocycles. The van der Waals surface area contributed by atoms with Gasteiger partial charge < -0.3 is 9.53 Å². The van der Waals surface area contributed by atoms with E-state index in [2.05, 4.69) is 0 Å². The highest BCUT2D eigenvalue weighted by Gasteiger charge is 1.94. The minimum atomic E-state index is -5.67. The predicted molar refractivity (Wildman–Crippen MR) is 38.3 cm³/mol. The Morgan fingerprint density at radius 1 is 1.50 bits per heavy atom. The van der Waals surface area contributed by atoms with Crippen LogP contribution in [0.15, 0.2) is 0 Å². The molecule has 0 N–H and O–H groups in total. The largest absolute Gasteiger partial charge is 0.476 e. The summed E-state index contributed by atoms with van der Waals surface area (Å²) in [6, 6.07) is 0. The Balaban J connectivity index is 0. The Bertz CT molecular complexity index is 193. The van der Waals surface area contributed by atoms with Crippen molar-refractivity contribution < 1.29 is 25.7 Å². The molecule has 12 heavy (non-hydrogen) atoms. The number of hydrogen-bond acceptors (Lipinski definition) is 4. The third-order valence-corrected chi connectivity index (χ3v) is 0.621. The van der Waals surface area contributed by atoms with Crippen LogP contribution in [0.2, 0.25) is 0 Å². The first-order chi connectivity index (χ1) is 5.31. The van der Waals surface area contributed by atoms with Gasteiger partial charge in [0.05, 0.1) is 0 Å². The Labute approximate surface area is 70.0 Å². The maximum absolute atomic E-state index is 9.99. The molecular weight excluding hydrogens is 194 g/mol. The Morgan fingerprint density at radius 3 is 1.92 bits per heavy atom. The molecule has 0 fully saturated rings. The average Bonchev–Trinajstić information content (AvgIpc) is 1.85. The molecule has 0 amide bonds. The zero-order valence-corrected chi connectivity index (χ0v) is 7.48. The van der Waals surface area contributed by atoms with Crippen LogP contribution in [0.3, 0.4) is 0 Å². The normalized spacial score (nSPS) is 12.7. The average molecular weight is 204 g/mol. The zero-order valence-electron chi connectivity index (χ0n) is 6.66. The van der Waals surface area contributed by atoms with Gasteiger partial charge in [-0.1, -0.05) is 7.77 Å². The highest BCUT2D eigenvalue weighted by Crippen LogP contribution is 1.85. The summed E-state index contributed by atoms with van der Waals surface area (Å²) in [7, 11) is -5.67. The van der Waals surface area contributed by atoms with E-state index < -0.39 is 10.6 Å². The highest BCUT2D eigenvalue weighted by molar-refractivity contribution is 7.81. The molecule has 74 valence electrons. The number of carbonyl (C=O) groups is 1. The van der Waals surface area contributed by atoms with Crippen molar-refractivity contribution in [2.24, 2.45) is 0 Å². The topological polar surface area (TPSA) is 60.4 Å². The summed E-state index contributed by atoms with van der Waals surface area (Å²) < 4.78 is 41.4. The molecule has 0 rings (SSSR count). The van der Waals surface area contributed by atoms with Gasteiger partial charge in [-0.2, -0.15) is 8.42 Å². The molecule has 0 aliphatic rings. The molecule has 0 spiro atoms. The molecule has 0 aromatic rings. The van der Waals surface area contributed by atoms with Gasteiger partial charge in [0.2, 0.25) is 0 Å². The third-order valence-electron chi connectivity index (χ3n) is 0.621. The van der Waals surface area contributed by atoms with Crippen molar-refractivity contribution in [3.05, 3.63) is 0 Å². The van der Waals surface area contributed by atoms with Gasteiger partial charge in [-0.25, -0.2) is 0 Å². The van der Waals surface area contributed by atoms with E-state index in [1.807, 2.05) is 6.92 Å². The summed E-state index contributed by atoms with van der Waals surface area (Å²) in [5, 5.41) is 0. The van der Waals surface area contributed by atoms with Crippen LogP contribution >= 0.6 is 0 Å². The van der Waals surface area contributed by atoms with Crippen LogP contribution in [-0.2, 0) is 20.1 Å². The molecule has 0 radical (unpaired) electrons. The van der Waals surface area contributed by atoms with E-state index in [9.17, 15) is 12.6 Å². The van der Waals surface area contributed by atoms with Crippen molar-refractivity contribution in [3.8, 4) is 0 Å². The van der Waals surface area contributed by atoms with Gasteiger partial charge in [-0.15, -0.1) is 0 Å². The van der Waals surface area contributed by atoms with Crippen LogP contribution in [0.5, 0.6) is 0 Å². The quantitative estimate of drug-likeness (QED) is 0.503. The summed E-state index contributed by atoms with van der Waals surface area (Å²) in [6.45, 7) is 4.19. The number of hydrogen-bond donors (Lipinski definition) is 0. The summed E-state index contributed by atoms with van der Waals surface area (Å²) in [5.41, 5.74) is 0. The fourth-order valence-electron chi connectivity index (χ4n) is 0.302. The van der Waals surface area contributed by atoms with E-state index in [1.165, 1.54) is 0 Å². The molecule has 1 atom stereocenters. The molecule has 7 heteroatoms. The number of halogens is 2. The van der Waals surface area contributed by atoms with Gasteiger partial charge in [0.15, 0.2) is 0 Å². The molecule has 0 bridgehead atoms. The van der Waals surface area contributed by atoms with E-state index in [0.717, 1.165) is 6.29 Å². The second-order valence-electron chi connectivity index (χ2n) is 1.67. The molecule has 0 saturated carbocycles. The lowest BCUT2D eigenvalue weighted by molar-refractivity contribution is -0.116. The first kappa shape index (κ1) is 14.0. The Kier molecular flexibility index (Phi) is 8.29. The van der Waals surface area contributed by atoms with Crippen molar-refractivity contribution in [1.29, 1.82) is 0 Å². The van der Waals surface area contributed by atoms with E-state index in [0.29, 0.717) is 6.61 Å². The van der Waals surface area contributed by atoms with Crippen molar-refractivity contribution >= 4 is 16.9 Å². The number of carbonyl (C=O) groups excluding carboxylic acids is 1. The van der Waals surface area contributed by atoms with Crippen LogP contribution in [0.4, 0.5) is 7.77 Å². The molecule has 0 heterocycles. The molecular formula is C5H10F2O4S. The third kappa shape index (κ3) is 34.1. The van der Waals surface area contributed by atoms with Crippen LogP contribution in [0, 0.1) is 0 Å². The lowest BCUT2D eigenvalue weighted by Gasteiger charge is -1.99. The van der Waals surface area contributed by atoms with Crippen molar-refractivity contribution in [2.45, 2.75) is 20.0 Å². The fraction of sp³-hybridized carbons (Fsp3) is 0.800. The zero-order chi connectivity index (χ0) is 10.2. The van der Waals surface area contributed by atoms with Crippen LogP contribution in [0.25, 0.3) is 0 Å². The summed E-state index contributed by atoms with van der Waals surface area (Å²) >= 11 is 0. The number of rotatable bonds is 3. The van der Waals surface area contributed by atoms with Crippen molar-refractivity contribution in [3.63, 3.8) is 0 Å². The van der Waals surface area contributed by atoms with Crippen molar-refractivity contribution in [2.75, 3.05) is 6.61 Å². The number of ether oxygens (including phenoxy) is 1. The Hall–Kier alpha value is -0.560. The maximum atomic E-state index is 9.99. The summed E-state index contributed by atoms with van der Waals surface area (Å²) in [5.74, 6) is 0. The SMILES string of the molecule is CCOC(C)C=O.O=S(=O)(F)F. The molecule has 4 nitrogen and oxygen atoms in total. The van der Waals surface area contributed by atoms with Crippen LogP contribution < -0.4 is 0 Å². The van der Waals surface area contributed by atoms with E-state index in [-0.39, 0.29) is 6.10 Å². The molecule has 0 saturated heterocycles. The molecule has 1 unspecified atom stereocenters. The lowest BCUT2D eigenvalue weighted by Crippen LogP contribution is -2.07. The Morgan fingerprint density at radius 2 is 1.83 bits per heavy atom. The van der Waals surface area contributed by atoms with E-state index in [1.54, 1.807) is 6.92 Å². The highest BCUT2D eigenvalue weighted by atomic mass is 32.3. The van der Waals surface area contributed by atoms with Gasteiger partial charge in [-0.3, -0.25) is 0 Å². The van der Waals surface area contributed by atoms with Gasteiger partial charge in [0, 0.05) is 6.61 Å². The summed E-state index contributed by atoms with van der Waals surface area (Å²) in [4.78, 5) is 9.77.